The fraction of sp³-hybridized carbons (Fsp3) is 0.412. The largest absolute Gasteiger partial charge is 0.369 e. The SMILES string of the molecule is N#C[C@@H](c1ccc(N(CCCl)CCCl)cc1)N1CCCN([C@@H](C#N)c2ccc(N(CCCl)CCCl)cc2)C1c1ccccc1. The van der Waals surface area contributed by atoms with Crippen molar-refractivity contribution < 1.29 is 0 Å². The van der Waals surface area contributed by atoms with Crippen LogP contribution in [0, 0.1) is 22.7 Å². The Morgan fingerprint density at radius 1 is 0.614 bits per heavy atom. The highest BCUT2D eigenvalue weighted by molar-refractivity contribution is 6.19. The molecule has 0 N–H and O–H groups in total. The molecule has 0 bridgehead atoms. The van der Waals surface area contributed by atoms with E-state index in [9.17, 15) is 10.5 Å². The molecule has 0 aromatic heterocycles. The van der Waals surface area contributed by atoms with Gasteiger partial charge in [0.2, 0.25) is 0 Å². The van der Waals surface area contributed by atoms with Crippen LogP contribution in [0.1, 0.15) is 41.4 Å². The summed E-state index contributed by atoms with van der Waals surface area (Å²) in [6.07, 6.45) is 0.556. The normalized spacial score (nSPS) is 15.7. The number of halogens is 4. The van der Waals surface area contributed by atoms with Gasteiger partial charge in [-0.15, -0.1) is 46.4 Å². The standard InChI is InChI=1S/C34H38Cl4N6/c35-15-21-41(22-16-36)30-11-7-27(8-12-30)32(25-39)43-19-4-20-44(34(43)29-5-2-1-3-6-29)33(26-40)28-9-13-31(14-10-28)42(23-17-37)24-18-38/h1-3,5-14,32-34H,4,15-24H2/t32-,33-/m0/s1. The van der Waals surface area contributed by atoms with Crippen LogP contribution in [0.15, 0.2) is 78.9 Å². The van der Waals surface area contributed by atoms with Crippen LogP contribution in [0.25, 0.3) is 0 Å². The Balaban J connectivity index is 1.67. The van der Waals surface area contributed by atoms with Gasteiger partial charge in [-0.1, -0.05) is 54.6 Å². The van der Waals surface area contributed by atoms with E-state index in [-0.39, 0.29) is 6.17 Å². The van der Waals surface area contributed by atoms with Crippen LogP contribution in [0.2, 0.25) is 0 Å². The van der Waals surface area contributed by atoms with Crippen molar-refractivity contribution in [1.82, 2.24) is 9.80 Å². The molecule has 1 aliphatic heterocycles. The zero-order valence-corrected chi connectivity index (χ0v) is 27.7. The molecule has 6 nitrogen and oxygen atoms in total. The summed E-state index contributed by atoms with van der Waals surface area (Å²) in [5, 5.41) is 21.1. The highest BCUT2D eigenvalue weighted by Gasteiger charge is 2.39. The smallest absolute Gasteiger partial charge is 0.125 e. The fourth-order valence-electron chi connectivity index (χ4n) is 5.98. The summed E-state index contributed by atoms with van der Waals surface area (Å²) >= 11 is 24.1. The third kappa shape index (κ3) is 8.32. The van der Waals surface area contributed by atoms with Crippen molar-refractivity contribution in [1.29, 1.82) is 10.5 Å². The lowest BCUT2D eigenvalue weighted by molar-refractivity contribution is -0.0286. The first-order valence-corrected chi connectivity index (χ1v) is 17.0. The van der Waals surface area contributed by atoms with Gasteiger partial charge in [-0.3, -0.25) is 9.80 Å². The maximum atomic E-state index is 10.6. The summed E-state index contributed by atoms with van der Waals surface area (Å²) in [4.78, 5) is 8.75. The average Bonchev–Trinajstić information content (AvgIpc) is 3.06. The molecule has 3 aromatic carbocycles. The first kappa shape index (κ1) is 34.2. The van der Waals surface area contributed by atoms with Gasteiger partial charge >= 0.3 is 0 Å². The molecule has 4 rings (SSSR count). The predicted molar refractivity (Wildman–Crippen MR) is 184 cm³/mol. The Morgan fingerprint density at radius 2 is 1.00 bits per heavy atom. The average molecular weight is 673 g/mol. The van der Waals surface area contributed by atoms with Gasteiger partial charge in [-0.05, 0) is 47.4 Å². The first-order chi connectivity index (χ1) is 21.6. The molecule has 232 valence electrons. The Bertz CT molecular complexity index is 1260. The molecule has 0 amide bonds. The maximum absolute atomic E-state index is 10.6. The van der Waals surface area contributed by atoms with Crippen LogP contribution in [0.3, 0.4) is 0 Å². The van der Waals surface area contributed by atoms with Gasteiger partial charge in [-0.2, -0.15) is 10.5 Å². The molecular weight excluding hydrogens is 634 g/mol. The van der Waals surface area contributed by atoms with Crippen LogP contribution >= 0.6 is 46.4 Å². The summed E-state index contributed by atoms with van der Waals surface area (Å²) in [5.74, 6) is 2.01. The molecule has 1 fully saturated rings. The number of hydrogen-bond donors (Lipinski definition) is 0. The third-order valence-corrected chi connectivity index (χ3v) is 8.71. The molecule has 1 saturated heterocycles. The number of benzene rings is 3. The minimum absolute atomic E-state index is 0.272. The molecule has 2 atom stereocenters. The van der Waals surface area contributed by atoms with Gasteiger partial charge in [0.1, 0.15) is 12.1 Å². The number of nitriles is 2. The molecule has 1 heterocycles. The third-order valence-electron chi connectivity index (χ3n) is 8.03. The number of alkyl halides is 4. The lowest BCUT2D eigenvalue weighted by Crippen LogP contribution is -2.49. The predicted octanol–water partition coefficient (Wildman–Crippen LogP) is 7.79. The van der Waals surface area contributed by atoms with Crippen molar-refractivity contribution in [2.75, 3.05) is 72.6 Å². The van der Waals surface area contributed by atoms with Gasteiger partial charge < -0.3 is 9.80 Å². The van der Waals surface area contributed by atoms with E-state index in [2.05, 4.69) is 43.9 Å². The van der Waals surface area contributed by atoms with Crippen molar-refractivity contribution in [3.8, 4) is 12.1 Å². The van der Waals surface area contributed by atoms with Crippen molar-refractivity contribution in [3.05, 3.63) is 95.6 Å². The molecule has 44 heavy (non-hydrogen) atoms. The summed E-state index contributed by atoms with van der Waals surface area (Å²) in [5.41, 5.74) is 4.91. The van der Waals surface area contributed by atoms with Crippen LogP contribution in [0.5, 0.6) is 0 Å². The van der Waals surface area contributed by atoms with E-state index in [4.69, 9.17) is 46.4 Å². The highest BCUT2D eigenvalue weighted by Crippen LogP contribution is 2.41. The van der Waals surface area contributed by atoms with Crippen molar-refractivity contribution in [3.63, 3.8) is 0 Å². The van der Waals surface area contributed by atoms with Crippen molar-refractivity contribution in [2.24, 2.45) is 0 Å². The summed E-state index contributed by atoms with van der Waals surface area (Å²) in [7, 11) is 0. The van der Waals surface area contributed by atoms with Gasteiger partial charge in [0.25, 0.3) is 0 Å². The minimum atomic E-state index is -0.507. The second-order valence-corrected chi connectivity index (χ2v) is 12.1. The van der Waals surface area contributed by atoms with E-state index < -0.39 is 12.1 Å². The lowest BCUT2D eigenvalue weighted by Gasteiger charge is -2.47. The van der Waals surface area contributed by atoms with Crippen molar-refractivity contribution >= 4 is 57.8 Å². The zero-order valence-electron chi connectivity index (χ0n) is 24.7. The van der Waals surface area contributed by atoms with Crippen LogP contribution in [-0.4, -0.2) is 72.6 Å². The molecular formula is C34H38Cl4N6. The Morgan fingerprint density at radius 3 is 1.34 bits per heavy atom. The van der Waals surface area contributed by atoms with E-state index in [1.807, 2.05) is 66.7 Å². The van der Waals surface area contributed by atoms with Gasteiger partial charge in [-0.25, -0.2) is 0 Å². The number of nitrogens with zero attached hydrogens (tertiary/aromatic N) is 6. The Kier molecular flexibility index (Phi) is 13.8. The van der Waals surface area contributed by atoms with E-state index in [0.717, 1.165) is 47.6 Å². The summed E-state index contributed by atoms with van der Waals surface area (Å²) < 4.78 is 0. The van der Waals surface area contributed by atoms with Crippen LogP contribution in [0.4, 0.5) is 11.4 Å². The molecule has 0 radical (unpaired) electrons. The van der Waals surface area contributed by atoms with Crippen LogP contribution in [-0.2, 0) is 0 Å². The molecule has 0 spiro atoms. The quantitative estimate of drug-likeness (QED) is 0.154. The monoisotopic (exact) mass is 670 g/mol. The maximum Gasteiger partial charge on any atom is 0.125 e. The summed E-state index contributed by atoms with van der Waals surface area (Å²) in [6.45, 7) is 4.23. The number of hydrogen-bond acceptors (Lipinski definition) is 6. The fourth-order valence-corrected chi connectivity index (χ4v) is 6.80. The van der Waals surface area contributed by atoms with E-state index in [1.165, 1.54) is 0 Å². The second kappa shape index (κ2) is 17.7. The molecule has 0 unspecified atom stereocenters. The van der Waals surface area contributed by atoms with E-state index in [0.29, 0.717) is 49.7 Å². The van der Waals surface area contributed by atoms with Gasteiger partial charge in [0.05, 0.1) is 18.3 Å². The zero-order chi connectivity index (χ0) is 31.3. The van der Waals surface area contributed by atoms with Gasteiger partial charge in [0, 0.05) is 74.2 Å². The summed E-state index contributed by atoms with van der Waals surface area (Å²) in [6, 6.07) is 30.6. The Hall–Kier alpha value is -2.68. The Labute approximate surface area is 281 Å². The molecule has 3 aromatic rings. The highest BCUT2D eigenvalue weighted by atomic mass is 35.5. The van der Waals surface area contributed by atoms with Gasteiger partial charge in [0.15, 0.2) is 0 Å². The number of rotatable bonds is 15. The molecule has 1 aliphatic rings. The van der Waals surface area contributed by atoms with E-state index >= 15 is 0 Å². The van der Waals surface area contributed by atoms with Crippen molar-refractivity contribution in [2.45, 2.75) is 24.7 Å². The lowest BCUT2D eigenvalue weighted by atomic mass is 9.96. The topological polar surface area (TPSA) is 60.5 Å². The molecule has 0 saturated carbocycles. The molecule has 10 heteroatoms. The number of anilines is 2. The molecule has 0 aliphatic carbocycles. The van der Waals surface area contributed by atoms with Crippen LogP contribution < -0.4 is 9.80 Å². The van der Waals surface area contributed by atoms with E-state index in [1.54, 1.807) is 0 Å². The first-order valence-electron chi connectivity index (χ1n) is 14.9. The second-order valence-electron chi connectivity index (χ2n) is 10.6. The minimum Gasteiger partial charge on any atom is -0.369 e.